The highest BCUT2D eigenvalue weighted by Gasteiger charge is 2.39. The van der Waals surface area contributed by atoms with Gasteiger partial charge in [-0.3, -0.25) is 4.79 Å². The Morgan fingerprint density at radius 3 is 2.42 bits per heavy atom. The van der Waals surface area contributed by atoms with Crippen molar-refractivity contribution in [2.24, 2.45) is 0 Å². The molecule has 2 heterocycles. The molecule has 0 fully saturated rings. The Bertz CT molecular complexity index is 1300. The lowest BCUT2D eigenvalue weighted by Crippen LogP contribution is -2.32. The van der Waals surface area contributed by atoms with Gasteiger partial charge in [0.1, 0.15) is 5.75 Å². The maximum absolute atomic E-state index is 13.3. The number of benzene rings is 2. The van der Waals surface area contributed by atoms with E-state index in [0.717, 1.165) is 53.6 Å². The Morgan fingerprint density at radius 1 is 1.06 bits per heavy atom. The van der Waals surface area contributed by atoms with Crippen LogP contribution >= 0.6 is 11.3 Å². The van der Waals surface area contributed by atoms with Crippen LogP contribution in [-0.4, -0.2) is 37.8 Å². The van der Waals surface area contributed by atoms with Gasteiger partial charge in [-0.1, -0.05) is 12.1 Å². The van der Waals surface area contributed by atoms with Gasteiger partial charge in [-0.15, -0.1) is 0 Å². The van der Waals surface area contributed by atoms with Crippen LogP contribution in [0.5, 0.6) is 5.75 Å². The van der Waals surface area contributed by atoms with E-state index in [-0.39, 0.29) is 29.3 Å². The molecule has 10 heteroatoms. The van der Waals surface area contributed by atoms with Crippen LogP contribution in [0.1, 0.15) is 28.4 Å². The molecule has 0 saturated heterocycles. The molecular weight excluding hydrogens is 475 g/mol. The van der Waals surface area contributed by atoms with Gasteiger partial charge >= 0.3 is 6.18 Å². The third-order valence-electron chi connectivity index (χ3n) is 5.44. The van der Waals surface area contributed by atoms with Crippen molar-refractivity contribution >= 4 is 27.1 Å². The van der Waals surface area contributed by atoms with E-state index in [1.807, 2.05) is 35.0 Å². The summed E-state index contributed by atoms with van der Waals surface area (Å²) in [4.78, 5) is 14.6. The Morgan fingerprint density at radius 2 is 1.79 bits per heavy atom. The first-order chi connectivity index (χ1) is 15.4. The molecule has 0 radical (unpaired) electrons. The van der Waals surface area contributed by atoms with Gasteiger partial charge in [0.25, 0.3) is 5.91 Å². The predicted octanol–water partition coefficient (Wildman–Crippen LogP) is 5.30. The molecule has 0 saturated carbocycles. The second-order valence-corrected chi connectivity index (χ2v) is 10.7. The van der Waals surface area contributed by atoms with E-state index < -0.39 is 28.0 Å². The molecular formula is C23H20F3NO4S2. The molecule has 0 unspecified atom stereocenters. The Balaban J connectivity index is 1.66. The van der Waals surface area contributed by atoms with Crippen LogP contribution in [0, 0.1) is 0 Å². The molecule has 33 heavy (non-hydrogen) atoms. The molecule has 1 aliphatic heterocycles. The minimum absolute atomic E-state index is 0.172. The lowest BCUT2D eigenvalue weighted by molar-refractivity contribution is -0.189. The normalized spacial score (nSPS) is 14.8. The zero-order valence-electron chi connectivity index (χ0n) is 17.7. The first-order valence-corrected chi connectivity index (χ1v) is 12.8. The van der Waals surface area contributed by atoms with Gasteiger partial charge in [0.15, 0.2) is 15.9 Å². The van der Waals surface area contributed by atoms with Gasteiger partial charge < -0.3 is 9.64 Å². The number of ether oxygens (including phenoxy) is 1. The van der Waals surface area contributed by atoms with Crippen molar-refractivity contribution in [3.63, 3.8) is 0 Å². The van der Waals surface area contributed by atoms with Crippen molar-refractivity contribution in [2.75, 3.05) is 6.26 Å². The summed E-state index contributed by atoms with van der Waals surface area (Å²) in [5.41, 5.74) is 3.70. The van der Waals surface area contributed by atoms with Crippen LogP contribution in [0.3, 0.4) is 0 Å². The molecule has 4 rings (SSSR count). The third-order valence-corrected chi connectivity index (χ3v) is 7.24. The second-order valence-electron chi connectivity index (χ2n) is 7.89. The Kier molecular flexibility index (Phi) is 6.00. The van der Waals surface area contributed by atoms with Gasteiger partial charge in [-0.25, -0.2) is 8.42 Å². The number of sulfone groups is 1. The van der Waals surface area contributed by atoms with Crippen molar-refractivity contribution in [1.29, 1.82) is 0 Å². The number of rotatable bonds is 5. The molecule has 1 aliphatic rings. The fourth-order valence-corrected chi connectivity index (χ4v) is 4.90. The monoisotopic (exact) mass is 495 g/mol. The Labute approximate surface area is 193 Å². The molecule has 2 aromatic carbocycles. The quantitative estimate of drug-likeness (QED) is 0.482. The van der Waals surface area contributed by atoms with E-state index >= 15 is 0 Å². The molecule has 5 nitrogen and oxygen atoms in total. The highest BCUT2D eigenvalue weighted by molar-refractivity contribution is 7.90. The highest BCUT2D eigenvalue weighted by Crippen LogP contribution is 2.34. The van der Waals surface area contributed by atoms with E-state index in [2.05, 4.69) is 0 Å². The summed E-state index contributed by atoms with van der Waals surface area (Å²) in [7, 11) is -3.69. The lowest BCUT2D eigenvalue weighted by atomic mass is 10.0. The summed E-state index contributed by atoms with van der Waals surface area (Å²) in [6.45, 7) is 1.34. The summed E-state index contributed by atoms with van der Waals surface area (Å²) >= 11 is 1.57. The van der Waals surface area contributed by atoms with Crippen LogP contribution < -0.4 is 4.74 Å². The average Bonchev–Trinajstić information content (AvgIpc) is 3.41. The number of carbonyl (C=O) groups excluding carboxylic acids is 1. The maximum atomic E-state index is 13.3. The van der Waals surface area contributed by atoms with Crippen LogP contribution in [0.15, 0.2) is 58.1 Å². The number of carbonyl (C=O) groups is 1. The van der Waals surface area contributed by atoms with Crippen molar-refractivity contribution in [1.82, 2.24) is 4.90 Å². The fraction of sp³-hybridized carbons (Fsp3) is 0.261. The molecule has 1 atom stereocenters. The number of amides is 1. The van der Waals surface area contributed by atoms with Crippen molar-refractivity contribution < 1.29 is 31.1 Å². The topological polar surface area (TPSA) is 63.7 Å². The average molecular weight is 496 g/mol. The first-order valence-electron chi connectivity index (χ1n) is 9.94. The van der Waals surface area contributed by atoms with Crippen molar-refractivity contribution in [3.8, 4) is 16.9 Å². The number of hydrogen-bond acceptors (Lipinski definition) is 5. The van der Waals surface area contributed by atoms with Crippen molar-refractivity contribution in [3.05, 3.63) is 69.9 Å². The zero-order chi connectivity index (χ0) is 24.0. The zero-order valence-corrected chi connectivity index (χ0v) is 19.4. The van der Waals surface area contributed by atoms with Crippen LogP contribution in [-0.2, 0) is 22.9 Å². The SMILES string of the molecule is C[C@H](Oc1ccc(S(C)(=O)=O)cc1C(=O)N1Cc2ccc(-c3ccsc3)cc2C1)C(F)(F)F. The number of hydrogen-bond donors (Lipinski definition) is 0. The van der Waals surface area contributed by atoms with Gasteiger partial charge in [-0.05, 0) is 70.3 Å². The molecule has 174 valence electrons. The van der Waals surface area contributed by atoms with Gasteiger partial charge in [0.05, 0.1) is 10.5 Å². The summed E-state index contributed by atoms with van der Waals surface area (Å²) < 4.78 is 68.2. The molecule has 0 spiro atoms. The molecule has 1 aromatic heterocycles. The van der Waals surface area contributed by atoms with Gasteiger partial charge in [-0.2, -0.15) is 24.5 Å². The van der Waals surface area contributed by atoms with Crippen LogP contribution in [0.2, 0.25) is 0 Å². The molecule has 1 amide bonds. The highest BCUT2D eigenvalue weighted by atomic mass is 32.2. The summed E-state index contributed by atoms with van der Waals surface area (Å²) in [5, 5.41) is 3.98. The fourth-order valence-electron chi connectivity index (χ4n) is 3.58. The molecule has 3 aromatic rings. The lowest BCUT2D eigenvalue weighted by Gasteiger charge is -2.22. The number of halogens is 3. The minimum atomic E-state index is -4.64. The van der Waals surface area contributed by atoms with E-state index in [1.54, 1.807) is 11.3 Å². The standard InChI is InChI=1S/C23H20F3NO4S2/c1-14(23(24,25)26)31-21-6-5-19(33(2,29)30)10-20(21)22(28)27-11-16-4-3-15(9-18(16)12-27)17-7-8-32-13-17/h3-10,13-14H,11-12H2,1-2H3/t14-/m0/s1. The summed E-state index contributed by atoms with van der Waals surface area (Å²) in [6, 6.07) is 11.2. The predicted molar refractivity (Wildman–Crippen MR) is 119 cm³/mol. The Hall–Kier alpha value is -2.85. The smallest absolute Gasteiger partial charge is 0.425 e. The van der Waals surface area contributed by atoms with Gasteiger partial charge in [0.2, 0.25) is 0 Å². The molecule has 0 N–H and O–H groups in total. The summed E-state index contributed by atoms with van der Waals surface area (Å²) in [6.07, 6.45) is -5.85. The van der Waals surface area contributed by atoms with Crippen LogP contribution in [0.25, 0.3) is 11.1 Å². The number of thiophene rings is 1. The molecule has 0 aliphatic carbocycles. The van der Waals surface area contributed by atoms with Gasteiger partial charge in [0, 0.05) is 19.3 Å². The first kappa shape index (κ1) is 23.3. The number of fused-ring (bicyclic) bond motifs is 1. The van der Waals surface area contributed by atoms with E-state index in [1.165, 1.54) is 4.90 Å². The second kappa shape index (κ2) is 8.49. The largest absolute Gasteiger partial charge is 0.480 e. The maximum Gasteiger partial charge on any atom is 0.425 e. The van der Waals surface area contributed by atoms with Crippen molar-refractivity contribution in [2.45, 2.75) is 37.2 Å². The van der Waals surface area contributed by atoms with E-state index in [9.17, 15) is 26.4 Å². The number of alkyl halides is 3. The van der Waals surface area contributed by atoms with E-state index in [4.69, 9.17) is 4.74 Å². The third kappa shape index (κ3) is 4.91. The van der Waals surface area contributed by atoms with Crippen LogP contribution in [0.4, 0.5) is 13.2 Å². The number of nitrogens with zero attached hydrogens (tertiary/aromatic N) is 1. The molecule has 0 bridgehead atoms. The minimum Gasteiger partial charge on any atom is -0.480 e. The summed E-state index contributed by atoms with van der Waals surface area (Å²) in [5.74, 6) is -0.912. The van der Waals surface area contributed by atoms with E-state index in [0.29, 0.717) is 0 Å².